The number of oxazole rings is 1. The van der Waals surface area contributed by atoms with Gasteiger partial charge in [0.15, 0.2) is 11.5 Å². The van der Waals surface area contributed by atoms with Gasteiger partial charge < -0.3 is 14.6 Å². The van der Waals surface area contributed by atoms with Gasteiger partial charge in [0, 0.05) is 24.7 Å². The Bertz CT molecular complexity index is 1140. The first-order chi connectivity index (χ1) is 16.2. The third-order valence-electron chi connectivity index (χ3n) is 5.79. The van der Waals surface area contributed by atoms with Crippen molar-refractivity contribution >= 4 is 11.6 Å². The van der Waals surface area contributed by atoms with E-state index >= 15 is 0 Å². The van der Waals surface area contributed by atoms with E-state index in [1.807, 2.05) is 24.3 Å². The van der Waals surface area contributed by atoms with Crippen LogP contribution < -0.4 is 5.32 Å². The number of benzene rings is 2. The zero-order chi connectivity index (χ0) is 24.9. The maximum absolute atomic E-state index is 13.1. The molecule has 0 bridgehead atoms. The monoisotopic (exact) mass is 464 g/mol. The van der Waals surface area contributed by atoms with Gasteiger partial charge in [-0.2, -0.15) is 0 Å². The van der Waals surface area contributed by atoms with Crippen LogP contribution in [0.15, 0.2) is 52.9 Å². The van der Waals surface area contributed by atoms with Crippen molar-refractivity contribution in [3.05, 3.63) is 69.9 Å². The van der Waals surface area contributed by atoms with Crippen LogP contribution in [0.25, 0.3) is 22.8 Å². The van der Waals surface area contributed by atoms with Gasteiger partial charge in [-0.25, -0.2) is 4.98 Å². The van der Waals surface area contributed by atoms with Crippen LogP contribution in [0.4, 0.5) is 5.69 Å². The van der Waals surface area contributed by atoms with Crippen LogP contribution >= 0.6 is 0 Å². The summed E-state index contributed by atoms with van der Waals surface area (Å²) in [5.74, 6) is -0.105. The molecular weight excluding hydrogens is 432 g/mol. The SMILES string of the molecule is CCN(CC)CCNC(=O)c1nc(-c2ccc(C(C)(C)C)cc2)oc1-c1ccccc1[N+](=O)[O-]. The van der Waals surface area contributed by atoms with Gasteiger partial charge in [0.05, 0.1) is 10.5 Å². The zero-order valence-corrected chi connectivity index (χ0v) is 20.4. The molecule has 0 atom stereocenters. The molecule has 1 amide bonds. The first-order valence-corrected chi connectivity index (χ1v) is 11.5. The van der Waals surface area contributed by atoms with Crippen LogP contribution in [0.2, 0.25) is 0 Å². The van der Waals surface area contributed by atoms with E-state index in [-0.39, 0.29) is 34.0 Å². The number of carbonyl (C=O) groups excluding carboxylic acids is 1. The van der Waals surface area contributed by atoms with Crippen LogP contribution in [0.3, 0.4) is 0 Å². The second-order valence-electron chi connectivity index (χ2n) is 9.08. The number of amides is 1. The molecule has 1 aromatic heterocycles. The van der Waals surface area contributed by atoms with E-state index in [1.165, 1.54) is 6.07 Å². The summed E-state index contributed by atoms with van der Waals surface area (Å²) in [6.45, 7) is 13.4. The number of hydrogen-bond acceptors (Lipinski definition) is 6. The van der Waals surface area contributed by atoms with Crippen LogP contribution in [0.5, 0.6) is 0 Å². The largest absolute Gasteiger partial charge is 0.435 e. The highest BCUT2D eigenvalue weighted by molar-refractivity contribution is 5.99. The van der Waals surface area contributed by atoms with Crippen molar-refractivity contribution in [1.82, 2.24) is 15.2 Å². The van der Waals surface area contributed by atoms with E-state index in [4.69, 9.17) is 4.42 Å². The van der Waals surface area contributed by atoms with Gasteiger partial charge in [0.25, 0.3) is 11.6 Å². The van der Waals surface area contributed by atoms with Crippen LogP contribution in [-0.2, 0) is 5.41 Å². The van der Waals surface area contributed by atoms with Crippen molar-refractivity contribution in [2.75, 3.05) is 26.2 Å². The Balaban J connectivity index is 2.01. The molecule has 180 valence electrons. The maximum atomic E-state index is 13.1. The molecule has 0 radical (unpaired) electrons. The fourth-order valence-corrected chi connectivity index (χ4v) is 3.67. The van der Waals surface area contributed by atoms with Crippen molar-refractivity contribution in [1.29, 1.82) is 0 Å². The van der Waals surface area contributed by atoms with E-state index in [1.54, 1.807) is 18.2 Å². The number of carbonyl (C=O) groups is 1. The fourth-order valence-electron chi connectivity index (χ4n) is 3.67. The van der Waals surface area contributed by atoms with Crippen LogP contribution in [0.1, 0.15) is 50.7 Å². The number of nitro groups is 1. The Labute approximate surface area is 200 Å². The average molecular weight is 465 g/mol. The molecule has 8 heteroatoms. The van der Waals surface area contributed by atoms with Crippen LogP contribution in [-0.4, -0.2) is 46.9 Å². The minimum absolute atomic E-state index is 0.0131. The Morgan fingerprint density at radius 1 is 1.09 bits per heavy atom. The summed E-state index contributed by atoms with van der Waals surface area (Å²) in [6, 6.07) is 14.0. The predicted molar refractivity (Wildman–Crippen MR) is 133 cm³/mol. The lowest BCUT2D eigenvalue weighted by Gasteiger charge is -2.18. The minimum Gasteiger partial charge on any atom is -0.435 e. The summed E-state index contributed by atoms with van der Waals surface area (Å²) < 4.78 is 6.01. The molecule has 2 aromatic carbocycles. The lowest BCUT2D eigenvalue weighted by Crippen LogP contribution is -2.35. The van der Waals surface area contributed by atoms with Gasteiger partial charge in [-0.05, 0) is 42.3 Å². The molecule has 0 spiro atoms. The quantitative estimate of drug-likeness (QED) is 0.341. The van der Waals surface area contributed by atoms with Gasteiger partial charge in [0.1, 0.15) is 0 Å². The standard InChI is InChI=1S/C26H32N4O4/c1-6-29(7-2)17-16-27-24(31)22-23(20-10-8-9-11-21(20)30(32)33)34-25(28-22)18-12-14-19(15-13-18)26(3,4)5/h8-15H,6-7,16-17H2,1-5H3,(H,27,31). The van der Waals surface area contributed by atoms with Crippen LogP contribution in [0, 0.1) is 10.1 Å². The Hall–Kier alpha value is -3.52. The minimum atomic E-state index is -0.488. The number of nitrogens with zero attached hydrogens (tertiary/aromatic N) is 3. The second kappa shape index (κ2) is 10.6. The molecule has 3 rings (SSSR count). The molecule has 0 saturated carbocycles. The topological polar surface area (TPSA) is 102 Å². The first kappa shape index (κ1) is 25.1. The molecule has 0 aliphatic heterocycles. The van der Waals surface area contributed by atoms with Gasteiger partial charge in [-0.15, -0.1) is 0 Å². The van der Waals surface area contributed by atoms with Crippen molar-refractivity contribution in [2.45, 2.75) is 40.0 Å². The van der Waals surface area contributed by atoms with E-state index in [2.05, 4.69) is 49.8 Å². The van der Waals surface area contributed by atoms with Gasteiger partial charge >= 0.3 is 0 Å². The lowest BCUT2D eigenvalue weighted by molar-refractivity contribution is -0.384. The molecule has 0 aliphatic rings. The molecule has 0 aliphatic carbocycles. The van der Waals surface area contributed by atoms with Crippen molar-refractivity contribution < 1.29 is 14.1 Å². The maximum Gasteiger partial charge on any atom is 0.280 e. The highest BCUT2D eigenvalue weighted by Crippen LogP contribution is 2.35. The summed E-state index contributed by atoms with van der Waals surface area (Å²) in [7, 11) is 0. The Morgan fingerprint density at radius 3 is 2.32 bits per heavy atom. The number of rotatable bonds is 9. The summed E-state index contributed by atoms with van der Waals surface area (Å²) in [6.07, 6.45) is 0. The van der Waals surface area contributed by atoms with E-state index in [0.29, 0.717) is 18.7 Å². The van der Waals surface area contributed by atoms with Gasteiger partial charge in [-0.1, -0.05) is 58.9 Å². The average Bonchev–Trinajstić information content (AvgIpc) is 3.27. The summed E-state index contributed by atoms with van der Waals surface area (Å²) >= 11 is 0. The van der Waals surface area contributed by atoms with E-state index in [0.717, 1.165) is 18.7 Å². The molecule has 8 nitrogen and oxygen atoms in total. The Kier molecular flexibility index (Phi) is 7.83. The molecule has 34 heavy (non-hydrogen) atoms. The second-order valence-corrected chi connectivity index (χ2v) is 9.08. The Morgan fingerprint density at radius 2 is 1.74 bits per heavy atom. The molecule has 3 aromatic rings. The number of hydrogen-bond donors (Lipinski definition) is 1. The summed E-state index contributed by atoms with van der Waals surface area (Å²) in [5, 5.41) is 14.5. The number of para-hydroxylation sites is 1. The van der Waals surface area contributed by atoms with Gasteiger partial charge in [0.2, 0.25) is 5.89 Å². The van der Waals surface area contributed by atoms with Gasteiger partial charge in [-0.3, -0.25) is 14.9 Å². The number of nitrogens with one attached hydrogen (secondary N) is 1. The molecular formula is C26H32N4O4. The molecule has 1 heterocycles. The molecule has 0 saturated heterocycles. The smallest absolute Gasteiger partial charge is 0.280 e. The zero-order valence-electron chi connectivity index (χ0n) is 20.4. The van der Waals surface area contributed by atoms with E-state index < -0.39 is 10.8 Å². The number of likely N-dealkylation sites (N-methyl/N-ethyl adjacent to an activating group) is 1. The number of aromatic nitrogens is 1. The predicted octanol–water partition coefficient (Wildman–Crippen LogP) is 5.29. The highest BCUT2D eigenvalue weighted by atomic mass is 16.6. The fraction of sp³-hybridized carbons (Fsp3) is 0.385. The number of nitro benzene ring substituents is 1. The third-order valence-corrected chi connectivity index (χ3v) is 5.79. The van der Waals surface area contributed by atoms with E-state index in [9.17, 15) is 14.9 Å². The molecule has 0 unspecified atom stereocenters. The molecule has 0 fully saturated rings. The third kappa shape index (κ3) is 5.69. The van der Waals surface area contributed by atoms with Crippen molar-refractivity contribution in [3.8, 4) is 22.8 Å². The summed E-state index contributed by atoms with van der Waals surface area (Å²) in [4.78, 5) is 30.9. The lowest BCUT2D eigenvalue weighted by atomic mass is 9.87. The highest BCUT2D eigenvalue weighted by Gasteiger charge is 2.27. The van der Waals surface area contributed by atoms with Crippen molar-refractivity contribution in [3.63, 3.8) is 0 Å². The van der Waals surface area contributed by atoms with Crippen molar-refractivity contribution in [2.24, 2.45) is 0 Å². The normalized spacial score (nSPS) is 11.6. The summed E-state index contributed by atoms with van der Waals surface area (Å²) in [5.41, 5.74) is 1.92. The molecule has 1 N–H and O–H groups in total. The first-order valence-electron chi connectivity index (χ1n) is 11.5.